The van der Waals surface area contributed by atoms with Crippen molar-refractivity contribution >= 4 is 32.3 Å². The molecule has 0 saturated heterocycles. The number of hydrogen-bond donors (Lipinski definition) is 0. The van der Waals surface area contributed by atoms with Gasteiger partial charge < -0.3 is 0 Å². The minimum atomic E-state index is -0.0672. The molecule has 0 aliphatic heterocycles. The van der Waals surface area contributed by atoms with Gasteiger partial charge in [-0.3, -0.25) is 0 Å². The summed E-state index contributed by atoms with van der Waals surface area (Å²) in [4.78, 5) is 0. The fourth-order valence-corrected chi connectivity index (χ4v) is 10.6. The van der Waals surface area contributed by atoms with Crippen LogP contribution in [-0.4, -0.2) is 0 Å². The Labute approximate surface area is 339 Å². The van der Waals surface area contributed by atoms with Crippen LogP contribution in [0.15, 0.2) is 200 Å². The Morgan fingerprint density at radius 2 is 0.845 bits per heavy atom. The highest BCUT2D eigenvalue weighted by atomic mass is 14.4. The predicted octanol–water partition coefficient (Wildman–Crippen LogP) is 15.6. The molecule has 12 rings (SSSR count). The van der Waals surface area contributed by atoms with E-state index >= 15 is 0 Å². The Hall–Kier alpha value is -7.02. The van der Waals surface area contributed by atoms with Crippen molar-refractivity contribution in [3.8, 4) is 55.6 Å². The Bertz CT molecular complexity index is 3230. The molecule has 2 aliphatic rings. The van der Waals surface area contributed by atoms with Crippen LogP contribution in [0.4, 0.5) is 0 Å². The molecule has 10 aromatic rings. The van der Waals surface area contributed by atoms with E-state index in [9.17, 15) is 0 Å². The largest absolute Gasteiger partial charge is 0.0622 e. The van der Waals surface area contributed by atoms with Gasteiger partial charge in [0.25, 0.3) is 0 Å². The molecule has 0 heterocycles. The smallest absolute Gasteiger partial charge is 0.0352 e. The molecule has 0 fully saturated rings. The molecule has 0 bridgehead atoms. The van der Waals surface area contributed by atoms with Gasteiger partial charge in [0.2, 0.25) is 0 Å². The van der Waals surface area contributed by atoms with E-state index in [-0.39, 0.29) is 11.3 Å². The molecule has 58 heavy (non-hydrogen) atoms. The van der Waals surface area contributed by atoms with Crippen LogP contribution in [0.2, 0.25) is 0 Å². The minimum absolute atomic E-state index is 0.0672. The SMILES string of the molecule is CC1(C)c2ccc(-c3c4ccccc4c(-c4ccc(-c5ccc6c(c5)-c5ccccc5C6c5ccccc5)cc4)c4ccccc34)cc2-c2c1ccc1ccccc21. The maximum atomic E-state index is 2.48. The van der Waals surface area contributed by atoms with Gasteiger partial charge in [0, 0.05) is 11.3 Å². The van der Waals surface area contributed by atoms with Crippen LogP contribution >= 0.6 is 0 Å². The van der Waals surface area contributed by atoms with E-state index in [0.29, 0.717) is 0 Å². The van der Waals surface area contributed by atoms with E-state index in [2.05, 4.69) is 214 Å². The van der Waals surface area contributed by atoms with Gasteiger partial charge in [0.1, 0.15) is 0 Å². The Morgan fingerprint density at radius 1 is 0.328 bits per heavy atom. The first-order valence-corrected chi connectivity index (χ1v) is 20.5. The molecule has 0 saturated carbocycles. The maximum Gasteiger partial charge on any atom is 0.0352 e. The summed E-state index contributed by atoms with van der Waals surface area (Å²) in [6.45, 7) is 4.75. The third kappa shape index (κ3) is 4.76. The highest BCUT2D eigenvalue weighted by molar-refractivity contribution is 6.21. The zero-order valence-corrected chi connectivity index (χ0v) is 32.6. The maximum absolute atomic E-state index is 2.48. The van der Waals surface area contributed by atoms with Crippen molar-refractivity contribution in [2.45, 2.75) is 25.2 Å². The monoisotopic (exact) mass is 736 g/mol. The quantitative estimate of drug-likeness (QED) is 0.158. The van der Waals surface area contributed by atoms with Gasteiger partial charge >= 0.3 is 0 Å². The standard InChI is InChI=1S/C58H40/c1-58(2)52-32-30-41(35-51(52)57-42-17-7-6-14-37(42)29-33-53(57)58)56-47-22-12-10-20-45(47)55(46-21-11-13-23-48(46)56)39-26-24-36(25-27-39)40-28-31-49-50(34-40)43-18-8-9-19-44(43)54(49)38-15-4-3-5-16-38/h3-35,54H,1-2H3. The lowest BCUT2D eigenvalue weighted by atomic mass is 9.81. The van der Waals surface area contributed by atoms with Crippen LogP contribution in [0.3, 0.4) is 0 Å². The van der Waals surface area contributed by atoms with Crippen LogP contribution in [0.1, 0.15) is 47.6 Å². The Morgan fingerprint density at radius 3 is 1.57 bits per heavy atom. The average Bonchev–Trinajstić information content (AvgIpc) is 3.73. The van der Waals surface area contributed by atoms with Gasteiger partial charge in [-0.25, -0.2) is 0 Å². The van der Waals surface area contributed by atoms with E-state index in [4.69, 9.17) is 0 Å². The zero-order chi connectivity index (χ0) is 38.5. The highest BCUT2D eigenvalue weighted by Gasteiger charge is 2.37. The lowest BCUT2D eigenvalue weighted by molar-refractivity contribution is 0.661. The molecule has 0 N–H and O–H groups in total. The lowest BCUT2D eigenvalue weighted by Crippen LogP contribution is -2.14. The summed E-state index contributed by atoms with van der Waals surface area (Å²) in [5.41, 5.74) is 19.8. The average molecular weight is 737 g/mol. The molecule has 0 heteroatoms. The van der Waals surface area contributed by atoms with Gasteiger partial charge in [0.05, 0.1) is 0 Å². The van der Waals surface area contributed by atoms with Crippen LogP contribution in [0, 0.1) is 0 Å². The van der Waals surface area contributed by atoms with Crippen LogP contribution in [-0.2, 0) is 5.41 Å². The fourth-order valence-electron chi connectivity index (χ4n) is 10.6. The van der Waals surface area contributed by atoms with Crippen molar-refractivity contribution in [3.05, 3.63) is 228 Å². The molecule has 1 atom stereocenters. The van der Waals surface area contributed by atoms with Crippen molar-refractivity contribution in [1.82, 2.24) is 0 Å². The summed E-state index contributed by atoms with van der Waals surface area (Å²) in [6.07, 6.45) is 0. The third-order valence-corrected chi connectivity index (χ3v) is 13.4. The van der Waals surface area contributed by atoms with Crippen molar-refractivity contribution in [1.29, 1.82) is 0 Å². The second kappa shape index (κ2) is 12.5. The van der Waals surface area contributed by atoms with Crippen LogP contribution < -0.4 is 0 Å². The van der Waals surface area contributed by atoms with Crippen LogP contribution in [0.25, 0.3) is 88.0 Å². The summed E-state index contributed by atoms with van der Waals surface area (Å²) in [7, 11) is 0. The Balaban J connectivity index is 0.989. The summed E-state index contributed by atoms with van der Waals surface area (Å²) < 4.78 is 0. The Kier molecular flexibility index (Phi) is 7.14. The molecule has 0 spiro atoms. The van der Waals surface area contributed by atoms with Gasteiger partial charge in [-0.1, -0.05) is 202 Å². The van der Waals surface area contributed by atoms with Crippen molar-refractivity contribution in [2.75, 3.05) is 0 Å². The van der Waals surface area contributed by atoms with Crippen LogP contribution in [0.5, 0.6) is 0 Å². The molecule has 2 aliphatic carbocycles. The van der Waals surface area contributed by atoms with Crippen molar-refractivity contribution in [3.63, 3.8) is 0 Å². The minimum Gasteiger partial charge on any atom is -0.0622 e. The van der Waals surface area contributed by atoms with E-state index in [1.165, 1.54) is 116 Å². The first-order valence-electron chi connectivity index (χ1n) is 20.5. The topological polar surface area (TPSA) is 0 Å². The molecule has 0 radical (unpaired) electrons. The fraction of sp³-hybridized carbons (Fsp3) is 0.0690. The van der Waals surface area contributed by atoms with E-state index in [1.54, 1.807) is 0 Å². The van der Waals surface area contributed by atoms with E-state index in [1.807, 2.05) is 0 Å². The van der Waals surface area contributed by atoms with Gasteiger partial charge in [0.15, 0.2) is 0 Å². The number of rotatable bonds is 4. The second-order valence-corrected chi connectivity index (χ2v) is 16.7. The van der Waals surface area contributed by atoms with Gasteiger partial charge in [-0.2, -0.15) is 0 Å². The van der Waals surface area contributed by atoms with Crippen molar-refractivity contribution < 1.29 is 0 Å². The molecular formula is C58H40. The van der Waals surface area contributed by atoms with E-state index in [0.717, 1.165) is 0 Å². The summed E-state index contributed by atoms with van der Waals surface area (Å²) in [5.74, 6) is 0.257. The predicted molar refractivity (Wildman–Crippen MR) is 246 cm³/mol. The normalized spacial score (nSPS) is 14.7. The second-order valence-electron chi connectivity index (χ2n) is 16.7. The molecule has 0 amide bonds. The number of fused-ring (bicyclic) bond motifs is 10. The first-order chi connectivity index (χ1) is 28.5. The molecule has 10 aromatic carbocycles. The molecular weight excluding hydrogens is 697 g/mol. The lowest BCUT2D eigenvalue weighted by Gasteiger charge is -2.22. The summed E-state index contributed by atoms with van der Waals surface area (Å²) >= 11 is 0. The van der Waals surface area contributed by atoms with E-state index < -0.39 is 0 Å². The van der Waals surface area contributed by atoms with Gasteiger partial charge in [-0.05, 0) is 128 Å². The molecule has 0 aromatic heterocycles. The molecule has 1 unspecified atom stereocenters. The summed E-state index contributed by atoms with van der Waals surface area (Å²) in [5, 5.41) is 7.73. The first kappa shape index (κ1) is 33.2. The number of benzene rings is 10. The third-order valence-electron chi connectivity index (χ3n) is 13.4. The van der Waals surface area contributed by atoms with Crippen molar-refractivity contribution in [2.24, 2.45) is 0 Å². The van der Waals surface area contributed by atoms with Gasteiger partial charge in [-0.15, -0.1) is 0 Å². The number of hydrogen-bond acceptors (Lipinski definition) is 0. The zero-order valence-electron chi connectivity index (χ0n) is 32.6. The molecule has 272 valence electrons. The summed E-state index contributed by atoms with van der Waals surface area (Å²) in [6, 6.07) is 75.0. The molecule has 0 nitrogen and oxygen atoms in total. The highest BCUT2D eigenvalue weighted by Crippen LogP contribution is 2.54.